The quantitative estimate of drug-likeness (QED) is 0.673. The van der Waals surface area contributed by atoms with Gasteiger partial charge in [0.2, 0.25) is 0 Å². The number of carbonyl (C=O) groups excluding carboxylic acids is 1. The number of ether oxygens (including phenoxy) is 1. The molecule has 2 bridgehead atoms. The van der Waals surface area contributed by atoms with E-state index in [-0.39, 0.29) is 24.2 Å². The molecule has 1 unspecified atom stereocenters. The Kier molecular flexibility index (Phi) is 5.29. The van der Waals surface area contributed by atoms with Crippen molar-refractivity contribution < 1.29 is 9.53 Å². The molecule has 0 spiro atoms. The first-order chi connectivity index (χ1) is 13.5. The van der Waals surface area contributed by atoms with E-state index in [1.165, 1.54) is 28.7 Å². The van der Waals surface area contributed by atoms with Gasteiger partial charge in [-0.3, -0.25) is 9.69 Å². The molecule has 148 valence electrons. The van der Waals surface area contributed by atoms with Gasteiger partial charge in [0.25, 0.3) is 0 Å². The number of hydrogen-bond donors (Lipinski definition) is 0. The second-order valence-corrected chi connectivity index (χ2v) is 8.60. The van der Waals surface area contributed by atoms with Crippen molar-refractivity contribution in [3.8, 4) is 0 Å². The minimum absolute atomic E-state index is 0.0170. The first-order valence-electron chi connectivity index (χ1n) is 10.5. The summed E-state index contributed by atoms with van der Waals surface area (Å²) in [5, 5.41) is 0. The lowest BCUT2D eigenvalue weighted by Gasteiger charge is -2.55. The lowest BCUT2D eigenvalue weighted by atomic mass is 9.64. The topological polar surface area (TPSA) is 29.5 Å². The average molecular weight is 378 g/mol. The Labute approximate surface area is 168 Å². The van der Waals surface area contributed by atoms with Gasteiger partial charge in [-0.15, -0.1) is 0 Å². The highest BCUT2D eigenvalue weighted by Gasteiger charge is 2.52. The lowest BCUT2D eigenvalue weighted by Crippen LogP contribution is -2.55. The Morgan fingerprint density at radius 1 is 0.893 bits per heavy atom. The van der Waals surface area contributed by atoms with Crippen LogP contribution in [0.2, 0.25) is 0 Å². The Balaban J connectivity index is 1.85. The zero-order chi connectivity index (χ0) is 19.8. The Bertz CT molecular complexity index is 800. The standard InChI is InChI=1S/C25H31NO2/c1-16-10-5-7-12-19(16)23-21-14-9-15-22(25(21)28-18(3)27)24(26(23)4)20-13-8-6-11-17(20)2/h5-8,10-13,21-25H,9,14-15H2,1-4H3/t21-,22+,23+,24-,25?. The summed E-state index contributed by atoms with van der Waals surface area (Å²) in [6.07, 6.45) is 3.40. The van der Waals surface area contributed by atoms with Crippen molar-refractivity contribution in [3.05, 3.63) is 70.8 Å². The third-order valence-corrected chi connectivity index (χ3v) is 6.92. The lowest BCUT2D eigenvalue weighted by molar-refractivity contribution is -0.172. The molecule has 3 heteroatoms. The van der Waals surface area contributed by atoms with Crippen molar-refractivity contribution in [3.63, 3.8) is 0 Å². The Hall–Kier alpha value is -2.13. The van der Waals surface area contributed by atoms with Crippen LogP contribution in [0.15, 0.2) is 48.5 Å². The second kappa shape index (κ2) is 7.71. The predicted octanol–water partition coefficient (Wildman–Crippen LogP) is 5.38. The van der Waals surface area contributed by atoms with E-state index in [9.17, 15) is 4.79 Å². The van der Waals surface area contributed by atoms with Crippen LogP contribution in [-0.2, 0) is 9.53 Å². The first kappa shape index (κ1) is 19.2. The summed E-state index contributed by atoms with van der Waals surface area (Å²) >= 11 is 0. The molecule has 2 aromatic carbocycles. The highest BCUT2D eigenvalue weighted by molar-refractivity contribution is 5.66. The number of nitrogens with zero attached hydrogens (tertiary/aromatic N) is 1. The van der Waals surface area contributed by atoms with Crippen molar-refractivity contribution in [2.45, 2.75) is 58.2 Å². The van der Waals surface area contributed by atoms with Crippen LogP contribution in [0.4, 0.5) is 0 Å². The van der Waals surface area contributed by atoms with E-state index in [4.69, 9.17) is 4.74 Å². The third-order valence-electron chi connectivity index (χ3n) is 6.92. The Morgan fingerprint density at radius 2 is 1.36 bits per heavy atom. The number of fused-ring (bicyclic) bond motifs is 2. The number of benzene rings is 2. The summed E-state index contributed by atoms with van der Waals surface area (Å²) in [5.41, 5.74) is 5.36. The maximum Gasteiger partial charge on any atom is 0.302 e. The molecule has 1 aliphatic carbocycles. The fraction of sp³-hybridized carbons (Fsp3) is 0.480. The summed E-state index contributed by atoms with van der Waals surface area (Å²) in [6, 6.07) is 17.9. The molecular weight excluding hydrogens is 346 g/mol. The molecule has 0 radical (unpaired) electrons. The molecule has 28 heavy (non-hydrogen) atoms. The van der Waals surface area contributed by atoms with E-state index in [0.29, 0.717) is 11.8 Å². The molecule has 4 rings (SSSR count). The van der Waals surface area contributed by atoms with Gasteiger partial charge in [-0.05, 0) is 56.0 Å². The van der Waals surface area contributed by atoms with Crippen LogP contribution < -0.4 is 0 Å². The molecule has 1 saturated carbocycles. The number of carbonyl (C=O) groups is 1. The maximum absolute atomic E-state index is 12.0. The van der Waals surface area contributed by atoms with Gasteiger partial charge in [0.1, 0.15) is 6.10 Å². The highest BCUT2D eigenvalue weighted by Crippen LogP contribution is 2.54. The van der Waals surface area contributed by atoms with Crippen LogP contribution in [0.5, 0.6) is 0 Å². The molecule has 1 heterocycles. The van der Waals surface area contributed by atoms with Crippen molar-refractivity contribution >= 4 is 5.97 Å². The molecule has 3 nitrogen and oxygen atoms in total. The van der Waals surface area contributed by atoms with Crippen molar-refractivity contribution in [1.82, 2.24) is 4.90 Å². The van der Waals surface area contributed by atoms with Gasteiger partial charge in [0, 0.05) is 30.8 Å². The normalized spacial score (nSPS) is 30.1. The molecule has 1 saturated heterocycles. The molecule has 1 aliphatic heterocycles. The summed E-state index contributed by atoms with van der Waals surface area (Å²) in [5.74, 6) is 0.529. The van der Waals surface area contributed by atoms with Crippen LogP contribution in [0.3, 0.4) is 0 Å². The molecule has 2 aliphatic rings. The number of piperidine rings is 1. The molecular formula is C25H31NO2. The Morgan fingerprint density at radius 3 is 1.79 bits per heavy atom. The number of hydrogen-bond acceptors (Lipinski definition) is 3. The largest absolute Gasteiger partial charge is 0.462 e. The maximum atomic E-state index is 12.0. The van der Waals surface area contributed by atoms with Crippen molar-refractivity contribution in [1.29, 1.82) is 0 Å². The predicted molar refractivity (Wildman–Crippen MR) is 112 cm³/mol. The second-order valence-electron chi connectivity index (χ2n) is 8.60. The van der Waals surface area contributed by atoms with Gasteiger partial charge in [-0.1, -0.05) is 55.0 Å². The molecule has 0 N–H and O–H groups in total. The number of esters is 1. The van der Waals surface area contributed by atoms with Crippen LogP contribution in [0.1, 0.15) is 60.5 Å². The molecule has 5 atom stereocenters. The van der Waals surface area contributed by atoms with Gasteiger partial charge in [0.05, 0.1) is 0 Å². The minimum Gasteiger partial charge on any atom is -0.462 e. The van der Waals surface area contributed by atoms with Gasteiger partial charge < -0.3 is 4.74 Å². The van der Waals surface area contributed by atoms with E-state index in [2.05, 4.69) is 74.3 Å². The number of rotatable bonds is 3. The summed E-state index contributed by atoms with van der Waals surface area (Å²) < 4.78 is 6.02. The fourth-order valence-corrected chi connectivity index (χ4v) is 5.79. The number of likely N-dealkylation sites (tertiary alicyclic amines) is 1. The van der Waals surface area contributed by atoms with E-state index < -0.39 is 0 Å². The molecule has 0 amide bonds. The van der Waals surface area contributed by atoms with Gasteiger partial charge in [-0.2, -0.15) is 0 Å². The number of aryl methyl sites for hydroxylation is 2. The zero-order valence-electron chi connectivity index (χ0n) is 17.4. The van der Waals surface area contributed by atoms with Gasteiger partial charge >= 0.3 is 5.97 Å². The first-order valence-corrected chi connectivity index (χ1v) is 10.5. The fourth-order valence-electron chi connectivity index (χ4n) is 5.79. The smallest absolute Gasteiger partial charge is 0.302 e. The summed E-state index contributed by atoms with van der Waals surface area (Å²) in [4.78, 5) is 14.6. The minimum atomic E-state index is -0.154. The van der Waals surface area contributed by atoms with Crippen LogP contribution in [0.25, 0.3) is 0 Å². The zero-order valence-corrected chi connectivity index (χ0v) is 17.4. The van der Waals surface area contributed by atoms with E-state index in [0.717, 1.165) is 12.8 Å². The van der Waals surface area contributed by atoms with E-state index in [1.54, 1.807) is 6.92 Å². The van der Waals surface area contributed by atoms with Crippen LogP contribution in [0, 0.1) is 25.7 Å². The monoisotopic (exact) mass is 377 g/mol. The van der Waals surface area contributed by atoms with Gasteiger partial charge in [0.15, 0.2) is 0 Å². The molecule has 2 fully saturated rings. The van der Waals surface area contributed by atoms with Crippen LogP contribution >= 0.6 is 0 Å². The van der Waals surface area contributed by atoms with Crippen molar-refractivity contribution in [2.75, 3.05) is 7.05 Å². The van der Waals surface area contributed by atoms with Crippen molar-refractivity contribution in [2.24, 2.45) is 11.8 Å². The van der Waals surface area contributed by atoms with Crippen LogP contribution in [-0.4, -0.2) is 24.0 Å². The molecule has 0 aromatic heterocycles. The summed E-state index contributed by atoms with van der Waals surface area (Å²) in [6.45, 7) is 5.95. The average Bonchev–Trinajstić information content (AvgIpc) is 2.65. The summed E-state index contributed by atoms with van der Waals surface area (Å²) in [7, 11) is 2.27. The third kappa shape index (κ3) is 3.26. The highest BCUT2D eigenvalue weighted by atomic mass is 16.5. The SMILES string of the molecule is CC(=O)OC1[C@H]2CCC[C@@H]1[C@H](c1ccccc1C)N(C)[C@@H]2c1ccccc1C. The van der Waals surface area contributed by atoms with Gasteiger partial charge in [-0.25, -0.2) is 0 Å². The molecule has 2 aromatic rings. The van der Waals surface area contributed by atoms with E-state index in [1.807, 2.05) is 0 Å². The van der Waals surface area contributed by atoms with E-state index >= 15 is 0 Å².